The Morgan fingerprint density at radius 3 is 2.67 bits per heavy atom. The first-order valence-electron chi connectivity index (χ1n) is 4.21. The Bertz CT molecular complexity index is 560. The molecule has 1 heterocycles. The number of carboxylic acid groups (broad SMARTS) is 1. The third-order valence-electron chi connectivity index (χ3n) is 2.34. The van der Waals surface area contributed by atoms with Crippen molar-refractivity contribution >= 4 is 48.7 Å². The summed E-state index contributed by atoms with van der Waals surface area (Å²) in [5.74, 6) is -0.927. The summed E-state index contributed by atoms with van der Waals surface area (Å²) in [6.45, 7) is 1.93. The molecule has 3 nitrogen and oxygen atoms in total. The molecular formula is C10H7Br2NO2. The summed E-state index contributed by atoms with van der Waals surface area (Å²) in [4.78, 5) is 14.0. The largest absolute Gasteiger partial charge is 0.478 e. The molecule has 0 saturated heterocycles. The maximum absolute atomic E-state index is 11.0. The van der Waals surface area contributed by atoms with E-state index in [0.29, 0.717) is 5.39 Å². The molecule has 0 radical (unpaired) electrons. The number of aromatic amines is 1. The lowest BCUT2D eigenvalue weighted by Crippen LogP contribution is -1.94. The van der Waals surface area contributed by atoms with Crippen molar-refractivity contribution in [2.75, 3.05) is 0 Å². The summed E-state index contributed by atoms with van der Waals surface area (Å²) in [6, 6.07) is 1.86. The van der Waals surface area contributed by atoms with E-state index in [-0.39, 0.29) is 5.56 Å². The highest BCUT2D eigenvalue weighted by Crippen LogP contribution is 2.34. The molecule has 0 fully saturated rings. The number of carbonyl (C=O) groups is 1. The van der Waals surface area contributed by atoms with E-state index in [0.717, 1.165) is 20.0 Å². The van der Waals surface area contributed by atoms with Crippen molar-refractivity contribution in [1.82, 2.24) is 4.98 Å². The number of carboxylic acids is 1. The number of aryl methyl sites for hydroxylation is 1. The van der Waals surface area contributed by atoms with E-state index in [1.807, 2.05) is 13.0 Å². The van der Waals surface area contributed by atoms with Gasteiger partial charge in [-0.15, -0.1) is 0 Å². The highest BCUT2D eigenvalue weighted by molar-refractivity contribution is 9.11. The van der Waals surface area contributed by atoms with Crippen LogP contribution in [0.15, 0.2) is 21.2 Å². The molecule has 2 N–H and O–H groups in total. The van der Waals surface area contributed by atoms with Gasteiger partial charge in [0, 0.05) is 20.5 Å². The summed E-state index contributed by atoms with van der Waals surface area (Å²) >= 11 is 6.78. The van der Waals surface area contributed by atoms with Gasteiger partial charge in [-0.3, -0.25) is 0 Å². The van der Waals surface area contributed by atoms with Crippen molar-refractivity contribution in [3.05, 3.63) is 32.3 Å². The standard InChI is InChI=1S/C10H7Br2NO2/c1-4-6(11)2-7(12)8-5(10(14)15)3-13-9(4)8/h2-3,13H,1H3,(H,14,15). The van der Waals surface area contributed by atoms with Gasteiger partial charge >= 0.3 is 5.97 Å². The van der Waals surface area contributed by atoms with Crippen LogP contribution in [-0.4, -0.2) is 16.1 Å². The van der Waals surface area contributed by atoms with Crippen LogP contribution in [0.4, 0.5) is 0 Å². The molecule has 0 aliphatic heterocycles. The minimum atomic E-state index is -0.927. The number of fused-ring (bicyclic) bond motifs is 1. The zero-order valence-corrected chi connectivity index (χ0v) is 10.9. The lowest BCUT2D eigenvalue weighted by molar-refractivity contribution is 0.0699. The molecule has 5 heteroatoms. The van der Waals surface area contributed by atoms with Gasteiger partial charge in [0.2, 0.25) is 0 Å². The van der Waals surface area contributed by atoms with Gasteiger partial charge in [0.15, 0.2) is 0 Å². The molecule has 0 bridgehead atoms. The van der Waals surface area contributed by atoms with Gasteiger partial charge in [-0.05, 0) is 18.6 Å². The van der Waals surface area contributed by atoms with Crippen LogP contribution in [0.1, 0.15) is 15.9 Å². The third kappa shape index (κ3) is 1.59. The van der Waals surface area contributed by atoms with Crippen molar-refractivity contribution in [1.29, 1.82) is 0 Å². The molecule has 0 unspecified atom stereocenters. The minimum Gasteiger partial charge on any atom is -0.478 e. The molecule has 1 aromatic heterocycles. The molecule has 0 spiro atoms. The maximum atomic E-state index is 11.0. The quantitative estimate of drug-likeness (QED) is 0.836. The zero-order chi connectivity index (χ0) is 11.2. The third-order valence-corrected chi connectivity index (χ3v) is 3.79. The Kier molecular flexibility index (Phi) is 2.60. The highest BCUT2D eigenvalue weighted by atomic mass is 79.9. The first-order chi connectivity index (χ1) is 7.02. The van der Waals surface area contributed by atoms with E-state index in [9.17, 15) is 4.79 Å². The van der Waals surface area contributed by atoms with Crippen molar-refractivity contribution in [2.24, 2.45) is 0 Å². The summed E-state index contributed by atoms with van der Waals surface area (Å²) in [5, 5.41) is 9.72. The van der Waals surface area contributed by atoms with Crippen LogP contribution >= 0.6 is 31.9 Å². The smallest absolute Gasteiger partial charge is 0.337 e. The average molecular weight is 333 g/mol. The second-order valence-electron chi connectivity index (χ2n) is 3.22. The monoisotopic (exact) mass is 331 g/mol. The molecule has 0 amide bonds. The average Bonchev–Trinajstić information content (AvgIpc) is 2.58. The van der Waals surface area contributed by atoms with E-state index in [1.54, 1.807) is 0 Å². The SMILES string of the molecule is Cc1c(Br)cc(Br)c2c(C(=O)O)c[nH]c12. The van der Waals surface area contributed by atoms with Gasteiger partial charge in [-0.25, -0.2) is 4.79 Å². The van der Waals surface area contributed by atoms with Gasteiger partial charge in [-0.1, -0.05) is 31.9 Å². The highest BCUT2D eigenvalue weighted by Gasteiger charge is 2.16. The number of halogens is 2. The number of aromatic nitrogens is 1. The zero-order valence-electron chi connectivity index (χ0n) is 7.77. The predicted molar refractivity (Wildman–Crippen MR) is 65.4 cm³/mol. The summed E-state index contributed by atoms with van der Waals surface area (Å²) in [5.41, 5.74) is 2.13. The Morgan fingerprint density at radius 1 is 1.40 bits per heavy atom. The van der Waals surface area contributed by atoms with E-state index < -0.39 is 5.97 Å². The molecule has 2 aromatic rings. The van der Waals surface area contributed by atoms with Gasteiger partial charge in [-0.2, -0.15) is 0 Å². The first-order valence-corrected chi connectivity index (χ1v) is 5.80. The second kappa shape index (κ2) is 3.64. The topological polar surface area (TPSA) is 53.1 Å². The van der Waals surface area contributed by atoms with E-state index in [1.165, 1.54) is 6.20 Å². The van der Waals surface area contributed by atoms with Crippen molar-refractivity contribution in [2.45, 2.75) is 6.92 Å². The summed E-state index contributed by atoms with van der Waals surface area (Å²) < 4.78 is 1.72. The van der Waals surface area contributed by atoms with Gasteiger partial charge in [0.25, 0.3) is 0 Å². The molecule has 0 aliphatic carbocycles. The Hall–Kier alpha value is -0.810. The van der Waals surface area contributed by atoms with E-state index in [2.05, 4.69) is 36.8 Å². The van der Waals surface area contributed by atoms with Gasteiger partial charge in [0.1, 0.15) is 0 Å². The van der Waals surface area contributed by atoms with Crippen molar-refractivity contribution in [3.8, 4) is 0 Å². The molecule has 2 rings (SSSR count). The minimum absolute atomic E-state index is 0.285. The molecule has 0 atom stereocenters. The van der Waals surface area contributed by atoms with Crippen LogP contribution in [0.2, 0.25) is 0 Å². The molecular weight excluding hydrogens is 326 g/mol. The molecule has 1 aromatic carbocycles. The molecule has 15 heavy (non-hydrogen) atoms. The van der Waals surface area contributed by atoms with Gasteiger partial charge < -0.3 is 10.1 Å². The van der Waals surface area contributed by atoms with Crippen molar-refractivity contribution in [3.63, 3.8) is 0 Å². The molecule has 0 aliphatic rings. The van der Waals surface area contributed by atoms with Crippen LogP contribution in [0.5, 0.6) is 0 Å². The van der Waals surface area contributed by atoms with E-state index in [4.69, 9.17) is 5.11 Å². The summed E-state index contributed by atoms with van der Waals surface area (Å²) in [6.07, 6.45) is 1.51. The summed E-state index contributed by atoms with van der Waals surface area (Å²) in [7, 11) is 0. The van der Waals surface area contributed by atoms with Crippen molar-refractivity contribution < 1.29 is 9.90 Å². The van der Waals surface area contributed by atoms with Crippen LogP contribution in [0, 0.1) is 6.92 Å². The van der Waals surface area contributed by atoms with Crippen LogP contribution < -0.4 is 0 Å². The first kappa shape index (κ1) is 10.7. The lowest BCUT2D eigenvalue weighted by atomic mass is 10.1. The lowest BCUT2D eigenvalue weighted by Gasteiger charge is -2.03. The Balaban J connectivity index is 2.93. The number of hydrogen-bond donors (Lipinski definition) is 2. The number of benzene rings is 1. The van der Waals surface area contributed by atoms with Gasteiger partial charge in [0.05, 0.1) is 11.1 Å². The normalized spacial score (nSPS) is 10.9. The Labute approximate surface area is 103 Å². The van der Waals surface area contributed by atoms with Crippen LogP contribution in [-0.2, 0) is 0 Å². The predicted octanol–water partition coefficient (Wildman–Crippen LogP) is 3.70. The maximum Gasteiger partial charge on any atom is 0.337 e. The van der Waals surface area contributed by atoms with E-state index >= 15 is 0 Å². The van der Waals surface area contributed by atoms with Crippen LogP contribution in [0.3, 0.4) is 0 Å². The number of rotatable bonds is 1. The van der Waals surface area contributed by atoms with Crippen LogP contribution in [0.25, 0.3) is 10.9 Å². The molecule has 78 valence electrons. The molecule has 0 saturated carbocycles. The Morgan fingerprint density at radius 2 is 2.07 bits per heavy atom. The fraction of sp³-hybridized carbons (Fsp3) is 0.100. The number of H-pyrrole nitrogens is 1. The number of hydrogen-bond acceptors (Lipinski definition) is 1. The number of aromatic carboxylic acids is 1. The second-order valence-corrected chi connectivity index (χ2v) is 4.93. The number of nitrogens with one attached hydrogen (secondary N) is 1. The fourth-order valence-electron chi connectivity index (χ4n) is 1.55. The fourth-order valence-corrected chi connectivity index (χ4v) is 2.92.